The molecule has 1 heterocycles. The van der Waals surface area contributed by atoms with E-state index in [-0.39, 0.29) is 0 Å². The minimum absolute atomic E-state index is 0.398. The van der Waals surface area contributed by atoms with Crippen molar-refractivity contribution in [3.8, 4) is 0 Å². The highest BCUT2D eigenvalue weighted by Gasteiger charge is 2.08. The topological polar surface area (TPSA) is 82.2 Å². The van der Waals surface area contributed by atoms with Gasteiger partial charge in [-0.25, -0.2) is 4.79 Å². The van der Waals surface area contributed by atoms with Gasteiger partial charge in [0.05, 0.1) is 36.3 Å². The molecule has 0 atom stereocenters. The molecule has 0 aliphatic carbocycles. The van der Waals surface area contributed by atoms with E-state index < -0.39 is 5.97 Å². The van der Waals surface area contributed by atoms with Gasteiger partial charge >= 0.3 is 5.97 Å². The van der Waals surface area contributed by atoms with Crippen LogP contribution in [0, 0.1) is 0 Å². The van der Waals surface area contributed by atoms with Gasteiger partial charge in [-0.3, -0.25) is 4.68 Å². The number of nitrogens with zero attached hydrogens (tertiary/aromatic N) is 2. The molecule has 0 amide bonds. The minimum Gasteiger partial charge on any atom is -0.465 e. The third-order valence-corrected chi connectivity index (χ3v) is 2.95. The minimum atomic E-state index is -0.398. The van der Waals surface area contributed by atoms with Crippen LogP contribution in [0.4, 0.5) is 11.4 Å². The van der Waals surface area contributed by atoms with Crippen LogP contribution in [0.3, 0.4) is 0 Å². The van der Waals surface area contributed by atoms with E-state index in [2.05, 4.69) is 15.2 Å². The number of nitrogens with one attached hydrogen (secondary N) is 1. The summed E-state index contributed by atoms with van der Waals surface area (Å²) in [5.74, 6) is -0.398. The number of hydrogen-bond donors (Lipinski definition) is 2. The number of rotatable bonds is 5. The molecule has 0 spiro atoms. The maximum Gasteiger partial charge on any atom is 0.337 e. The van der Waals surface area contributed by atoms with Crippen LogP contribution in [-0.4, -0.2) is 22.9 Å². The van der Waals surface area contributed by atoms with E-state index in [1.54, 1.807) is 18.2 Å². The molecule has 1 aromatic carbocycles. The lowest BCUT2D eigenvalue weighted by molar-refractivity contribution is 0.0601. The number of carbonyl (C=O) groups excluding carboxylic acids is 1. The van der Waals surface area contributed by atoms with Crippen LogP contribution in [0.2, 0.25) is 0 Å². The zero-order valence-corrected chi connectivity index (χ0v) is 11.6. The third kappa shape index (κ3) is 3.09. The Morgan fingerprint density at radius 2 is 2.25 bits per heavy atom. The van der Waals surface area contributed by atoms with Crippen molar-refractivity contribution in [2.24, 2.45) is 0 Å². The molecule has 0 saturated carbocycles. The Bertz CT molecular complexity index is 607. The van der Waals surface area contributed by atoms with Crippen molar-refractivity contribution in [2.45, 2.75) is 20.0 Å². The number of aryl methyl sites for hydroxylation is 1. The second-order valence-corrected chi connectivity index (χ2v) is 4.31. The van der Waals surface area contributed by atoms with E-state index in [1.165, 1.54) is 7.11 Å². The maximum atomic E-state index is 11.4. The predicted molar refractivity (Wildman–Crippen MR) is 77.4 cm³/mol. The molecular weight excluding hydrogens is 256 g/mol. The van der Waals surface area contributed by atoms with Gasteiger partial charge in [-0.15, -0.1) is 0 Å². The molecule has 0 aliphatic rings. The first kappa shape index (κ1) is 13.9. The molecule has 3 N–H and O–H groups in total. The Morgan fingerprint density at radius 1 is 1.45 bits per heavy atom. The Hall–Kier alpha value is -2.50. The molecular formula is C14H18N4O2. The van der Waals surface area contributed by atoms with Gasteiger partial charge in [-0.05, 0) is 31.2 Å². The van der Waals surface area contributed by atoms with E-state index >= 15 is 0 Å². The lowest BCUT2D eigenvalue weighted by Crippen LogP contribution is -2.06. The molecule has 0 aliphatic heterocycles. The molecule has 0 unspecified atom stereocenters. The number of ether oxygens (including phenoxy) is 1. The molecule has 1 aromatic heterocycles. The zero-order chi connectivity index (χ0) is 14.5. The van der Waals surface area contributed by atoms with Crippen molar-refractivity contribution in [1.29, 1.82) is 0 Å². The van der Waals surface area contributed by atoms with Crippen LogP contribution < -0.4 is 11.1 Å². The highest BCUT2D eigenvalue weighted by Crippen LogP contribution is 2.20. The van der Waals surface area contributed by atoms with Gasteiger partial charge in [-0.1, -0.05) is 0 Å². The number of esters is 1. The first-order valence-electron chi connectivity index (χ1n) is 6.38. The first-order chi connectivity index (χ1) is 9.63. The molecule has 0 saturated heterocycles. The first-order valence-corrected chi connectivity index (χ1v) is 6.38. The van der Waals surface area contributed by atoms with Crippen LogP contribution >= 0.6 is 0 Å². The summed E-state index contributed by atoms with van der Waals surface area (Å²) >= 11 is 0. The summed E-state index contributed by atoms with van der Waals surface area (Å²) in [6, 6.07) is 6.99. The van der Waals surface area contributed by atoms with Crippen molar-refractivity contribution >= 4 is 17.3 Å². The van der Waals surface area contributed by atoms with Gasteiger partial charge in [-0.2, -0.15) is 5.10 Å². The molecule has 0 fully saturated rings. The number of nitrogen functional groups attached to an aromatic ring is 1. The summed E-state index contributed by atoms with van der Waals surface area (Å²) in [6.45, 7) is 3.46. The van der Waals surface area contributed by atoms with E-state index in [0.29, 0.717) is 17.8 Å². The van der Waals surface area contributed by atoms with Gasteiger partial charge in [0.25, 0.3) is 0 Å². The number of methoxy groups -OCH3 is 1. The number of aromatic nitrogens is 2. The smallest absolute Gasteiger partial charge is 0.337 e. The van der Waals surface area contributed by atoms with E-state index in [1.807, 2.05) is 23.9 Å². The summed E-state index contributed by atoms with van der Waals surface area (Å²) in [6.07, 6.45) is 1.93. The van der Waals surface area contributed by atoms with Gasteiger partial charge in [0, 0.05) is 12.7 Å². The van der Waals surface area contributed by atoms with Crippen LogP contribution in [0.25, 0.3) is 0 Å². The van der Waals surface area contributed by atoms with Crippen LogP contribution in [-0.2, 0) is 17.8 Å². The monoisotopic (exact) mass is 274 g/mol. The number of carbonyl (C=O) groups is 1. The van der Waals surface area contributed by atoms with E-state index in [9.17, 15) is 4.79 Å². The standard InChI is InChI=1S/C14H18N4O2/c1-3-18-7-6-11(17-18)9-16-13-5-4-10(8-12(13)15)14(19)20-2/h4-8,16H,3,9,15H2,1-2H3. The SMILES string of the molecule is CCn1ccc(CNc2ccc(C(=O)OC)cc2N)n1. The molecule has 0 radical (unpaired) electrons. The highest BCUT2D eigenvalue weighted by molar-refractivity contribution is 5.91. The lowest BCUT2D eigenvalue weighted by atomic mass is 10.1. The average Bonchev–Trinajstić information content (AvgIpc) is 2.93. The summed E-state index contributed by atoms with van der Waals surface area (Å²) in [5.41, 5.74) is 8.55. The fourth-order valence-electron chi connectivity index (χ4n) is 1.83. The molecule has 6 nitrogen and oxygen atoms in total. The van der Waals surface area contributed by atoms with Gasteiger partial charge in [0.1, 0.15) is 0 Å². The molecule has 0 bridgehead atoms. The molecule has 2 rings (SSSR count). The summed E-state index contributed by atoms with van der Waals surface area (Å²) in [7, 11) is 1.34. The fourth-order valence-corrected chi connectivity index (χ4v) is 1.83. The van der Waals surface area contributed by atoms with Gasteiger partial charge in [0.15, 0.2) is 0 Å². The predicted octanol–water partition coefficient (Wildman–Crippen LogP) is 1.88. The number of hydrogen-bond acceptors (Lipinski definition) is 5. The Kier molecular flexibility index (Phi) is 4.24. The second kappa shape index (κ2) is 6.10. The number of nitrogens with two attached hydrogens (primary N) is 1. The molecule has 20 heavy (non-hydrogen) atoms. The summed E-state index contributed by atoms with van der Waals surface area (Å²) in [4.78, 5) is 11.4. The van der Waals surface area contributed by atoms with Crippen LogP contribution in [0.1, 0.15) is 23.0 Å². The lowest BCUT2D eigenvalue weighted by Gasteiger charge is -2.09. The van der Waals surface area contributed by atoms with Crippen molar-refractivity contribution in [2.75, 3.05) is 18.2 Å². The Morgan fingerprint density at radius 3 is 2.85 bits per heavy atom. The zero-order valence-electron chi connectivity index (χ0n) is 11.6. The van der Waals surface area contributed by atoms with E-state index in [0.717, 1.165) is 17.9 Å². The second-order valence-electron chi connectivity index (χ2n) is 4.31. The Labute approximate surface area is 117 Å². The molecule has 2 aromatic rings. The van der Waals surface area contributed by atoms with Crippen LogP contribution in [0.5, 0.6) is 0 Å². The van der Waals surface area contributed by atoms with Crippen molar-refractivity contribution in [1.82, 2.24) is 9.78 Å². The molecule has 6 heteroatoms. The molecule has 106 valence electrons. The normalized spacial score (nSPS) is 10.3. The largest absolute Gasteiger partial charge is 0.465 e. The highest BCUT2D eigenvalue weighted by atomic mass is 16.5. The average molecular weight is 274 g/mol. The summed E-state index contributed by atoms with van der Waals surface area (Å²) in [5, 5.41) is 7.57. The summed E-state index contributed by atoms with van der Waals surface area (Å²) < 4.78 is 6.51. The van der Waals surface area contributed by atoms with Crippen molar-refractivity contribution in [3.63, 3.8) is 0 Å². The van der Waals surface area contributed by atoms with Crippen molar-refractivity contribution < 1.29 is 9.53 Å². The van der Waals surface area contributed by atoms with Gasteiger partial charge < -0.3 is 15.8 Å². The third-order valence-electron chi connectivity index (χ3n) is 2.95. The maximum absolute atomic E-state index is 11.4. The van der Waals surface area contributed by atoms with Gasteiger partial charge in [0.2, 0.25) is 0 Å². The van der Waals surface area contributed by atoms with Crippen molar-refractivity contribution in [3.05, 3.63) is 41.7 Å². The number of benzene rings is 1. The van der Waals surface area contributed by atoms with Crippen LogP contribution in [0.15, 0.2) is 30.5 Å². The number of anilines is 2. The quantitative estimate of drug-likeness (QED) is 0.642. The fraction of sp³-hybridized carbons (Fsp3) is 0.286. The Balaban J connectivity index is 2.04. The van der Waals surface area contributed by atoms with E-state index in [4.69, 9.17) is 5.73 Å².